The summed E-state index contributed by atoms with van der Waals surface area (Å²) in [4.78, 5) is 23.2. The summed E-state index contributed by atoms with van der Waals surface area (Å²) in [5.74, 6) is -0.768. The smallest absolute Gasteiger partial charge is 0.234 e. The molecule has 0 radical (unpaired) electrons. The lowest BCUT2D eigenvalue weighted by Crippen LogP contribution is -2.39. The van der Waals surface area contributed by atoms with Crippen LogP contribution in [-0.2, 0) is 16.6 Å². The van der Waals surface area contributed by atoms with Gasteiger partial charge in [0.2, 0.25) is 11.8 Å². The standard InChI is InChI=1S/C13H14N4O2/c1-17-6-9-7(2-4-10(14)12(9)16-17)8-3-5-11(18)15-13(8)19/h2,4,6,8H,3,5,14H2,1H3,(H,15,18,19). The number of anilines is 1. The molecule has 0 aliphatic carbocycles. The molecule has 2 aromatic rings. The number of benzene rings is 1. The molecule has 2 heterocycles. The molecule has 3 rings (SSSR count). The molecule has 1 fully saturated rings. The minimum absolute atomic E-state index is 0.209. The first-order valence-corrected chi connectivity index (χ1v) is 6.11. The molecule has 98 valence electrons. The van der Waals surface area contributed by atoms with E-state index in [2.05, 4.69) is 10.4 Å². The number of rotatable bonds is 1. The molecule has 3 N–H and O–H groups in total. The largest absolute Gasteiger partial charge is 0.397 e. The Morgan fingerprint density at radius 3 is 2.95 bits per heavy atom. The van der Waals surface area contributed by atoms with Gasteiger partial charge in [0.25, 0.3) is 0 Å². The van der Waals surface area contributed by atoms with Crippen LogP contribution in [0.1, 0.15) is 24.3 Å². The van der Waals surface area contributed by atoms with E-state index in [1.54, 1.807) is 10.7 Å². The number of hydrogen-bond acceptors (Lipinski definition) is 4. The lowest BCUT2D eigenvalue weighted by Gasteiger charge is -2.21. The summed E-state index contributed by atoms with van der Waals surface area (Å²) in [6.07, 6.45) is 2.74. The minimum atomic E-state index is -0.315. The number of nitrogens with zero attached hydrogens (tertiary/aromatic N) is 2. The van der Waals surface area contributed by atoms with Gasteiger partial charge in [0, 0.05) is 25.1 Å². The van der Waals surface area contributed by atoms with Crippen LogP contribution >= 0.6 is 0 Å². The Balaban J connectivity index is 2.12. The first kappa shape index (κ1) is 11.7. The summed E-state index contributed by atoms with van der Waals surface area (Å²) < 4.78 is 1.68. The molecule has 1 saturated heterocycles. The van der Waals surface area contributed by atoms with Gasteiger partial charge in [-0.3, -0.25) is 19.6 Å². The quantitative estimate of drug-likeness (QED) is 0.581. The SMILES string of the molecule is Cn1cc2c(C3CCC(=O)NC3=O)ccc(N)c2n1. The maximum absolute atomic E-state index is 12.0. The van der Waals surface area contributed by atoms with Crippen molar-refractivity contribution in [2.24, 2.45) is 7.05 Å². The lowest BCUT2D eigenvalue weighted by atomic mass is 9.88. The molecule has 2 amide bonds. The number of fused-ring (bicyclic) bond motifs is 1. The molecule has 0 saturated carbocycles. The predicted molar refractivity (Wildman–Crippen MR) is 70.3 cm³/mol. The topological polar surface area (TPSA) is 90.0 Å². The summed E-state index contributed by atoms with van der Waals surface area (Å²) in [5.41, 5.74) is 8.06. The lowest BCUT2D eigenvalue weighted by molar-refractivity contribution is -0.134. The van der Waals surface area contributed by atoms with E-state index in [4.69, 9.17) is 5.73 Å². The van der Waals surface area contributed by atoms with Gasteiger partial charge < -0.3 is 5.73 Å². The van der Waals surface area contributed by atoms with Crippen LogP contribution in [-0.4, -0.2) is 21.6 Å². The zero-order valence-electron chi connectivity index (χ0n) is 10.5. The number of piperidine rings is 1. The average molecular weight is 258 g/mol. The normalized spacial score (nSPS) is 19.7. The first-order chi connectivity index (χ1) is 9.06. The second kappa shape index (κ2) is 4.08. The Morgan fingerprint density at radius 1 is 1.42 bits per heavy atom. The van der Waals surface area contributed by atoms with Crippen molar-refractivity contribution >= 4 is 28.4 Å². The maximum atomic E-state index is 12.0. The third kappa shape index (κ3) is 1.85. The number of carbonyl (C=O) groups excluding carboxylic acids is 2. The van der Waals surface area contributed by atoms with Crippen molar-refractivity contribution in [3.8, 4) is 0 Å². The maximum Gasteiger partial charge on any atom is 0.234 e. The van der Waals surface area contributed by atoms with Crippen LogP contribution < -0.4 is 11.1 Å². The molecule has 1 atom stereocenters. The van der Waals surface area contributed by atoms with Crippen LogP contribution in [0, 0.1) is 0 Å². The molecular formula is C13H14N4O2. The molecule has 1 aromatic carbocycles. The fraction of sp³-hybridized carbons (Fsp3) is 0.308. The third-order valence-corrected chi connectivity index (χ3v) is 3.47. The zero-order chi connectivity index (χ0) is 13.6. The molecular weight excluding hydrogens is 244 g/mol. The van der Waals surface area contributed by atoms with Crippen LogP contribution in [0.3, 0.4) is 0 Å². The highest BCUT2D eigenvalue weighted by atomic mass is 16.2. The highest BCUT2D eigenvalue weighted by molar-refractivity contribution is 6.03. The summed E-state index contributed by atoms with van der Waals surface area (Å²) in [6.45, 7) is 0. The summed E-state index contributed by atoms with van der Waals surface area (Å²) >= 11 is 0. The Bertz CT molecular complexity index is 689. The molecule has 1 aliphatic heterocycles. The van der Waals surface area contributed by atoms with Crippen LogP contribution in [0.5, 0.6) is 0 Å². The van der Waals surface area contributed by atoms with Crippen LogP contribution in [0.15, 0.2) is 18.3 Å². The number of nitrogens with two attached hydrogens (primary N) is 1. The summed E-state index contributed by atoms with van der Waals surface area (Å²) in [6, 6.07) is 3.60. The van der Waals surface area contributed by atoms with Crippen molar-refractivity contribution < 1.29 is 9.59 Å². The van der Waals surface area contributed by atoms with Crippen LogP contribution in [0.2, 0.25) is 0 Å². The number of nitrogens with one attached hydrogen (secondary N) is 1. The van der Waals surface area contributed by atoms with E-state index in [1.807, 2.05) is 19.3 Å². The van der Waals surface area contributed by atoms with Gasteiger partial charge >= 0.3 is 0 Å². The van der Waals surface area contributed by atoms with Gasteiger partial charge in [-0.1, -0.05) is 6.07 Å². The molecule has 1 aromatic heterocycles. The van der Waals surface area contributed by atoms with Crippen LogP contribution in [0.25, 0.3) is 10.9 Å². The monoisotopic (exact) mass is 258 g/mol. The molecule has 1 aliphatic rings. The fourth-order valence-electron chi connectivity index (χ4n) is 2.56. The van der Waals surface area contributed by atoms with Gasteiger partial charge in [-0.2, -0.15) is 5.10 Å². The van der Waals surface area contributed by atoms with Gasteiger partial charge in [0.15, 0.2) is 0 Å². The Labute approximate surface area is 109 Å². The third-order valence-electron chi connectivity index (χ3n) is 3.47. The number of amides is 2. The number of nitrogen functional groups attached to an aromatic ring is 1. The second-order valence-electron chi connectivity index (χ2n) is 4.81. The number of hydrogen-bond donors (Lipinski definition) is 2. The fourth-order valence-corrected chi connectivity index (χ4v) is 2.56. The molecule has 6 heteroatoms. The van der Waals surface area contributed by atoms with E-state index in [0.29, 0.717) is 24.0 Å². The summed E-state index contributed by atoms with van der Waals surface area (Å²) in [5, 5.41) is 7.55. The van der Waals surface area contributed by atoms with Crippen LogP contribution in [0.4, 0.5) is 5.69 Å². The van der Waals surface area contributed by atoms with E-state index in [-0.39, 0.29) is 17.7 Å². The van der Waals surface area contributed by atoms with Crippen molar-refractivity contribution in [3.05, 3.63) is 23.9 Å². The average Bonchev–Trinajstić information content (AvgIpc) is 2.73. The zero-order valence-corrected chi connectivity index (χ0v) is 10.5. The molecule has 6 nitrogen and oxygen atoms in total. The Kier molecular flexibility index (Phi) is 2.51. The van der Waals surface area contributed by atoms with Crippen molar-refractivity contribution in [3.63, 3.8) is 0 Å². The molecule has 19 heavy (non-hydrogen) atoms. The number of aryl methyl sites for hydroxylation is 1. The van der Waals surface area contributed by atoms with Crippen molar-refractivity contribution in [2.75, 3.05) is 5.73 Å². The Morgan fingerprint density at radius 2 is 2.21 bits per heavy atom. The number of carbonyl (C=O) groups is 2. The molecule has 0 bridgehead atoms. The van der Waals surface area contributed by atoms with E-state index in [0.717, 1.165) is 10.9 Å². The second-order valence-corrected chi connectivity index (χ2v) is 4.81. The van der Waals surface area contributed by atoms with Gasteiger partial charge in [-0.25, -0.2) is 0 Å². The van der Waals surface area contributed by atoms with Gasteiger partial charge in [-0.05, 0) is 18.1 Å². The van der Waals surface area contributed by atoms with E-state index in [1.165, 1.54) is 0 Å². The van der Waals surface area contributed by atoms with Crippen molar-refractivity contribution in [2.45, 2.75) is 18.8 Å². The van der Waals surface area contributed by atoms with Crippen molar-refractivity contribution in [1.29, 1.82) is 0 Å². The number of imide groups is 1. The Hall–Kier alpha value is -2.37. The van der Waals surface area contributed by atoms with E-state index in [9.17, 15) is 9.59 Å². The van der Waals surface area contributed by atoms with E-state index >= 15 is 0 Å². The van der Waals surface area contributed by atoms with E-state index < -0.39 is 0 Å². The van der Waals surface area contributed by atoms with Gasteiger partial charge in [-0.15, -0.1) is 0 Å². The molecule has 0 spiro atoms. The highest BCUT2D eigenvalue weighted by Crippen LogP contribution is 2.32. The van der Waals surface area contributed by atoms with Gasteiger partial charge in [0.1, 0.15) is 5.52 Å². The number of aromatic nitrogens is 2. The van der Waals surface area contributed by atoms with Crippen molar-refractivity contribution in [1.82, 2.24) is 15.1 Å². The first-order valence-electron chi connectivity index (χ1n) is 6.11. The minimum Gasteiger partial charge on any atom is -0.397 e. The highest BCUT2D eigenvalue weighted by Gasteiger charge is 2.29. The molecule has 1 unspecified atom stereocenters. The van der Waals surface area contributed by atoms with Gasteiger partial charge in [0.05, 0.1) is 11.6 Å². The summed E-state index contributed by atoms with van der Waals surface area (Å²) in [7, 11) is 1.81. The predicted octanol–water partition coefficient (Wildman–Crippen LogP) is 0.676.